The van der Waals surface area contributed by atoms with Gasteiger partial charge in [-0.15, -0.1) is 0 Å². The molecule has 0 bridgehead atoms. The van der Waals surface area contributed by atoms with E-state index < -0.39 is 46.5 Å². The molecule has 0 atom stereocenters. The Morgan fingerprint density at radius 2 is 1.16 bits per heavy atom. The van der Waals surface area contributed by atoms with Crippen LogP contribution in [0.5, 0.6) is 11.5 Å². The van der Waals surface area contributed by atoms with Gasteiger partial charge in [-0.3, -0.25) is 4.57 Å². The lowest BCUT2D eigenvalue weighted by atomic mass is 9.63. The smallest absolute Gasteiger partial charge is 0.137 e. The largest absolute Gasteiger partial charge is 0.457 e. The fourth-order valence-corrected chi connectivity index (χ4v) is 11.6. The number of hydrogen-bond acceptors (Lipinski definition) is 4. The molecular weight excluding hydrogens is 961 g/mol. The van der Waals surface area contributed by atoms with Crippen LogP contribution in [0.15, 0.2) is 188 Å². The van der Waals surface area contributed by atoms with Gasteiger partial charge in [-0.2, -0.15) is 0 Å². The van der Waals surface area contributed by atoms with Gasteiger partial charge in [0.05, 0.1) is 45.9 Å². The SMILES string of the molecule is [2H]c1c([2H])c([2H])c(-c2cnc(-n3c4cc(Oc5cccc(N6CN(c7c(-c8ccc9c(c8)C(C)(C)CCC9(C)C)cc(C(C)(C)C)cc7-c7c([2H])c([2H])c([2H])c(C(C)(C)C)c7[2H])c7ccccc76)c5)ccc4c4c([2H])c([2H])c([2H])c([2H])c43)cc2C(C)(C)C)c([2H])c1[2H]. The van der Waals surface area contributed by atoms with E-state index in [1.807, 2.05) is 77.9 Å². The third-order valence-corrected chi connectivity index (χ3v) is 16.2. The second-order valence-electron chi connectivity index (χ2n) is 25.9. The molecule has 0 radical (unpaired) electrons. The van der Waals surface area contributed by atoms with Crippen molar-refractivity contribution in [1.29, 1.82) is 0 Å². The van der Waals surface area contributed by atoms with Crippen molar-refractivity contribution in [3.05, 3.63) is 216 Å². The molecule has 2 aliphatic rings. The Bertz CT molecular complexity index is 4750. The van der Waals surface area contributed by atoms with Gasteiger partial charge in [-0.25, -0.2) is 4.98 Å². The van der Waals surface area contributed by atoms with Crippen LogP contribution >= 0.6 is 0 Å². The fraction of sp³-hybridized carbons (Fsp3) is 0.284. The third-order valence-electron chi connectivity index (χ3n) is 16.2. The number of ether oxygens (including phenoxy) is 1. The Labute approximate surface area is 487 Å². The monoisotopic (exact) mass is 1050 g/mol. The normalized spacial score (nSPS) is 17.5. The maximum absolute atomic E-state index is 10.1. The van der Waals surface area contributed by atoms with E-state index in [0.717, 1.165) is 52.3 Å². The summed E-state index contributed by atoms with van der Waals surface area (Å²) < 4.78 is 126. The summed E-state index contributed by atoms with van der Waals surface area (Å²) in [5.74, 6) is 1.13. The predicted molar refractivity (Wildman–Crippen MR) is 335 cm³/mol. The van der Waals surface area contributed by atoms with Crippen LogP contribution in [-0.4, -0.2) is 16.2 Å². The minimum absolute atomic E-state index is 0.00495. The van der Waals surface area contributed by atoms with Crippen LogP contribution in [0.4, 0.5) is 22.7 Å². The minimum atomic E-state index is -0.694. The van der Waals surface area contributed by atoms with E-state index in [1.165, 1.54) is 17.3 Å². The first-order valence-corrected chi connectivity index (χ1v) is 27.4. The summed E-state index contributed by atoms with van der Waals surface area (Å²) in [6, 6.07) is 30.2. The molecule has 0 spiro atoms. The van der Waals surface area contributed by atoms with Gasteiger partial charge in [-0.1, -0.05) is 199 Å². The standard InChI is InChI=1S/C74H76N4O/c1-70(2,3)51-26-21-25-49(39-51)58-41-52(71(4,5)6)42-59(50-33-36-61-63(40-50)74(12,13)38-37-73(61,10)11)69(58)77-47-76(65-31-19-20-32-66(65)77)53-27-22-28-54(43-53)79-55-34-35-57-56-29-17-18-30-64(56)78(67(57)44-55)68-45-62(72(7,8)9)60(46-75-68)48-23-15-14-16-24-48/h14-36,39-46H,37-38,47H2,1-13H3/i14D,15D,16D,17D,18D,21D,23D,24D,25D,26D,29D,30D,39D. The predicted octanol–water partition coefficient (Wildman–Crippen LogP) is 20.5. The lowest BCUT2D eigenvalue weighted by Gasteiger charge is -2.42. The van der Waals surface area contributed by atoms with E-state index >= 15 is 0 Å². The number of rotatable bonds is 8. The Hall–Kier alpha value is -7.89. The van der Waals surface area contributed by atoms with Crippen molar-refractivity contribution < 1.29 is 22.6 Å². The average Bonchev–Trinajstić information content (AvgIpc) is 1.34. The molecule has 0 N–H and O–H groups in total. The van der Waals surface area contributed by atoms with Gasteiger partial charge in [0.1, 0.15) is 24.0 Å². The maximum atomic E-state index is 10.1. The molecule has 2 aromatic heterocycles. The first kappa shape index (κ1) is 38.6. The van der Waals surface area contributed by atoms with Gasteiger partial charge < -0.3 is 14.5 Å². The van der Waals surface area contributed by atoms with Crippen LogP contribution in [0.3, 0.4) is 0 Å². The molecule has 1 aliphatic heterocycles. The molecule has 0 unspecified atom stereocenters. The highest BCUT2D eigenvalue weighted by Crippen LogP contribution is 2.54. The summed E-state index contributed by atoms with van der Waals surface area (Å²) in [6.45, 7) is 27.7. The van der Waals surface area contributed by atoms with E-state index in [9.17, 15) is 8.22 Å². The average molecular weight is 1050 g/mol. The molecule has 79 heavy (non-hydrogen) atoms. The first-order valence-electron chi connectivity index (χ1n) is 33.9. The van der Waals surface area contributed by atoms with Crippen molar-refractivity contribution >= 4 is 44.6 Å². The van der Waals surface area contributed by atoms with Crippen LogP contribution in [0.1, 0.15) is 148 Å². The molecule has 0 saturated carbocycles. The number of hydrogen-bond donors (Lipinski definition) is 0. The number of nitrogens with zero attached hydrogens (tertiary/aromatic N) is 4. The van der Waals surface area contributed by atoms with Crippen LogP contribution in [0, 0.1) is 0 Å². The van der Waals surface area contributed by atoms with Gasteiger partial charge in [0.25, 0.3) is 0 Å². The van der Waals surface area contributed by atoms with Crippen LogP contribution in [-0.2, 0) is 27.1 Å². The maximum Gasteiger partial charge on any atom is 0.137 e. The molecule has 0 amide bonds. The molecule has 12 rings (SSSR count). The summed E-state index contributed by atoms with van der Waals surface area (Å²) in [6.07, 6.45) is 3.55. The topological polar surface area (TPSA) is 33.5 Å². The zero-order chi connectivity index (χ0) is 66.7. The summed E-state index contributed by atoms with van der Waals surface area (Å²) in [5.41, 5.74) is 9.75. The third kappa shape index (κ3) is 9.39. The zero-order valence-electron chi connectivity index (χ0n) is 60.7. The van der Waals surface area contributed by atoms with Crippen molar-refractivity contribution in [1.82, 2.24) is 9.55 Å². The number of aromatic nitrogens is 2. The molecular formula is C74H76N4O. The molecule has 0 saturated heterocycles. The summed E-state index contributed by atoms with van der Waals surface area (Å²) in [5, 5.41) is 0.776. The van der Waals surface area contributed by atoms with E-state index in [0.29, 0.717) is 50.2 Å². The molecule has 8 aromatic carbocycles. The van der Waals surface area contributed by atoms with Crippen molar-refractivity contribution in [2.75, 3.05) is 16.5 Å². The second-order valence-corrected chi connectivity index (χ2v) is 25.9. The van der Waals surface area contributed by atoms with Crippen LogP contribution < -0.4 is 14.5 Å². The first-order chi connectivity index (χ1) is 42.9. The summed E-state index contributed by atoms with van der Waals surface area (Å²) >= 11 is 0. The summed E-state index contributed by atoms with van der Waals surface area (Å²) in [7, 11) is 0. The van der Waals surface area contributed by atoms with Gasteiger partial charge in [0, 0.05) is 51.5 Å². The number of anilines is 4. The highest BCUT2D eigenvalue weighted by Gasteiger charge is 2.39. The molecule has 1 aliphatic carbocycles. The van der Waals surface area contributed by atoms with Crippen LogP contribution in [0.2, 0.25) is 0 Å². The Morgan fingerprint density at radius 1 is 0.506 bits per heavy atom. The van der Waals surface area contributed by atoms with Crippen molar-refractivity contribution in [2.45, 2.75) is 130 Å². The van der Waals surface area contributed by atoms with Gasteiger partial charge in [0.2, 0.25) is 0 Å². The van der Waals surface area contributed by atoms with Crippen molar-refractivity contribution in [3.8, 4) is 50.7 Å². The summed E-state index contributed by atoms with van der Waals surface area (Å²) in [4.78, 5) is 9.34. The zero-order valence-corrected chi connectivity index (χ0v) is 47.7. The van der Waals surface area contributed by atoms with E-state index in [-0.39, 0.29) is 88.1 Å². The van der Waals surface area contributed by atoms with Crippen molar-refractivity contribution in [3.63, 3.8) is 0 Å². The second kappa shape index (κ2) is 18.9. The van der Waals surface area contributed by atoms with Crippen LogP contribution in [0.25, 0.3) is 61.0 Å². The number of benzene rings is 8. The van der Waals surface area contributed by atoms with Crippen molar-refractivity contribution in [2.24, 2.45) is 0 Å². The van der Waals surface area contributed by atoms with E-state index in [1.54, 1.807) is 28.8 Å². The van der Waals surface area contributed by atoms with Gasteiger partial charge in [0.15, 0.2) is 0 Å². The van der Waals surface area contributed by atoms with Gasteiger partial charge >= 0.3 is 0 Å². The molecule has 398 valence electrons. The lowest BCUT2D eigenvalue weighted by molar-refractivity contribution is 0.332. The fourth-order valence-electron chi connectivity index (χ4n) is 11.6. The molecule has 5 nitrogen and oxygen atoms in total. The molecule has 10 aromatic rings. The molecule has 0 fully saturated rings. The van der Waals surface area contributed by atoms with E-state index in [4.69, 9.17) is 19.3 Å². The Balaban J connectivity index is 1.02. The number of pyridine rings is 1. The Kier molecular flexibility index (Phi) is 9.24. The highest BCUT2D eigenvalue weighted by atomic mass is 16.5. The molecule has 5 heteroatoms. The van der Waals surface area contributed by atoms with E-state index in [2.05, 4.69) is 101 Å². The highest BCUT2D eigenvalue weighted by molar-refractivity contribution is 6.09. The quantitative estimate of drug-likeness (QED) is 0.152. The molecule has 3 heterocycles. The number of para-hydroxylation sites is 3. The van der Waals surface area contributed by atoms with Gasteiger partial charge in [-0.05, 0) is 145 Å². The lowest BCUT2D eigenvalue weighted by Crippen LogP contribution is -2.33. The number of fused-ring (bicyclic) bond motifs is 5. The Morgan fingerprint density at radius 3 is 1.89 bits per heavy atom. The minimum Gasteiger partial charge on any atom is -0.457 e.